The summed E-state index contributed by atoms with van der Waals surface area (Å²) in [7, 11) is 0. The number of benzene rings is 1. The lowest BCUT2D eigenvalue weighted by molar-refractivity contribution is -0.117. The average Bonchev–Trinajstić information content (AvgIpc) is 2.35. The zero-order valence-electron chi connectivity index (χ0n) is 11.2. The maximum absolute atomic E-state index is 11.8. The molecule has 1 amide bonds. The van der Waals surface area contributed by atoms with E-state index in [0.29, 0.717) is 0 Å². The van der Waals surface area contributed by atoms with Crippen LogP contribution in [0.5, 0.6) is 0 Å². The first-order chi connectivity index (χ1) is 9.29. The van der Waals surface area contributed by atoms with Gasteiger partial charge in [0.1, 0.15) is 6.17 Å². The zero-order chi connectivity index (χ0) is 15.2. The number of amides is 1. The van der Waals surface area contributed by atoms with Crippen LogP contribution in [0.1, 0.15) is 19.4 Å². The SMILES string of the molecule is CC(C)NC(NC(=O)/C=C/c1ccccc1)C(Cl)(Cl)Cl. The molecule has 0 aromatic heterocycles. The molecule has 0 spiro atoms. The standard InChI is InChI=1S/C14H17Cl3N2O/c1-10(2)18-13(14(15,16)17)19-12(20)9-8-11-6-4-3-5-7-11/h3-10,13,18H,1-2H3,(H,19,20)/b9-8+. The third kappa shape index (κ3) is 6.62. The van der Waals surface area contributed by atoms with E-state index in [1.807, 2.05) is 44.2 Å². The van der Waals surface area contributed by atoms with Gasteiger partial charge in [0.2, 0.25) is 9.70 Å². The first kappa shape index (κ1) is 17.3. The van der Waals surface area contributed by atoms with Crippen LogP contribution in [0.25, 0.3) is 6.08 Å². The van der Waals surface area contributed by atoms with E-state index in [4.69, 9.17) is 34.8 Å². The number of hydrogen-bond acceptors (Lipinski definition) is 2. The van der Waals surface area contributed by atoms with Gasteiger partial charge in [0, 0.05) is 12.1 Å². The largest absolute Gasteiger partial charge is 0.333 e. The molecule has 0 bridgehead atoms. The van der Waals surface area contributed by atoms with E-state index in [9.17, 15) is 4.79 Å². The summed E-state index contributed by atoms with van der Waals surface area (Å²) >= 11 is 17.5. The molecule has 20 heavy (non-hydrogen) atoms. The van der Waals surface area contributed by atoms with E-state index in [-0.39, 0.29) is 11.9 Å². The van der Waals surface area contributed by atoms with Gasteiger partial charge < -0.3 is 5.32 Å². The predicted molar refractivity (Wildman–Crippen MR) is 86.0 cm³/mol. The summed E-state index contributed by atoms with van der Waals surface area (Å²) in [4.78, 5) is 11.8. The van der Waals surface area contributed by atoms with Crippen molar-refractivity contribution in [2.24, 2.45) is 0 Å². The number of carbonyl (C=O) groups is 1. The minimum Gasteiger partial charge on any atom is -0.333 e. The zero-order valence-corrected chi connectivity index (χ0v) is 13.5. The number of nitrogens with one attached hydrogen (secondary N) is 2. The lowest BCUT2D eigenvalue weighted by Crippen LogP contribution is -2.55. The average molecular weight is 336 g/mol. The van der Waals surface area contributed by atoms with E-state index >= 15 is 0 Å². The fraction of sp³-hybridized carbons (Fsp3) is 0.357. The minimum absolute atomic E-state index is 0.0639. The number of alkyl halides is 3. The highest BCUT2D eigenvalue weighted by atomic mass is 35.6. The van der Waals surface area contributed by atoms with Crippen molar-refractivity contribution < 1.29 is 4.79 Å². The summed E-state index contributed by atoms with van der Waals surface area (Å²) < 4.78 is -1.62. The molecule has 1 aromatic carbocycles. The van der Waals surface area contributed by atoms with Crippen molar-refractivity contribution in [3.05, 3.63) is 42.0 Å². The highest BCUT2D eigenvalue weighted by Crippen LogP contribution is 2.29. The van der Waals surface area contributed by atoms with E-state index in [2.05, 4.69) is 10.6 Å². The molecule has 0 aliphatic rings. The number of carbonyl (C=O) groups excluding carboxylic acids is 1. The fourth-order valence-electron chi connectivity index (χ4n) is 1.48. The second-order valence-electron chi connectivity index (χ2n) is 4.55. The van der Waals surface area contributed by atoms with Crippen molar-refractivity contribution in [3.63, 3.8) is 0 Å². The molecule has 0 aliphatic heterocycles. The molecule has 1 unspecified atom stereocenters. The Kier molecular flexibility index (Phi) is 6.83. The molecular weight excluding hydrogens is 319 g/mol. The van der Waals surface area contributed by atoms with Gasteiger partial charge in [-0.15, -0.1) is 0 Å². The van der Waals surface area contributed by atoms with Gasteiger partial charge in [-0.25, -0.2) is 0 Å². The Morgan fingerprint density at radius 2 is 1.80 bits per heavy atom. The van der Waals surface area contributed by atoms with Gasteiger partial charge in [-0.05, 0) is 25.5 Å². The van der Waals surface area contributed by atoms with Gasteiger partial charge in [-0.1, -0.05) is 65.1 Å². The molecule has 6 heteroatoms. The Balaban J connectivity index is 2.65. The maximum atomic E-state index is 11.8. The van der Waals surface area contributed by atoms with E-state index < -0.39 is 9.96 Å². The van der Waals surface area contributed by atoms with Gasteiger partial charge in [-0.3, -0.25) is 10.1 Å². The maximum Gasteiger partial charge on any atom is 0.245 e. The highest BCUT2D eigenvalue weighted by Gasteiger charge is 2.33. The smallest absolute Gasteiger partial charge is 0.245 e. The van der Waals surface area contributed by atoms with Crippen LogP contribution in [0.2, 0.25) is 0 Å². The fourth-order valence-corrected chi connectivity index (χ4v) is 1.83. The van der Waals surface area contributed by atoms with Crippen molar-refractivity contribution in [2.75, 3.05) is 0 Å². The van der Waals surface area contributed by atoms with Crippen LogP contribution in [-0.2, 0) is 4.79 Å². The molecule has 3 nitrogen and oxygen atoms in total. The number of hydrogen-bond donors (Lipinski definition) is 2. The Morgan fingerprint density at radius 1 is 1.20 bits per heavy atom. The second-order valence-corrected chi connectivity index (χ2v) is 6.92. The molecule has 0 fully saturated rings. The molecule has 0 aliphatic carbocycles. The molecule has 0 saturated heterocycles. The third-order valence-corrected chi connectivity index (χ3v) is 3.00. The first-order valence-corrected chi connectivity index (χ1v) is 7.29. The Labute approximate surface area is 134 Å². The summed E-state index contributed by atoms with van der Waals surface area (Å²) in [6, 6.07) is 9.53. The predicted octanol–water partition coefficient (Wildman–Crippen LogP) is 3.51. The molecule has 0 radical (unpaired) electrons. The molecule has 1 rings (SSSR count). The second kappa shape index (κ2) is 7.89. The lowest BCUT2D eigenvalue weighted by atomic mass is 10.2. The summed E-state index contributed by atoms with van der Waals surface area (Å²) in [5.74, 6) is -0.335. The molecule has 0 saturated carbocycles. The van der Waals surface area contributed by atoms with Crippen LogP contribution in [0.4, 0.5) is 0 Å². The van der Waals surface area contributed by atoms with Gasteiger partial charge in [0.25, 0.3) is 0 Å². The quantitative estimate of drug-likeness (QED) is 0.491. The van der Waals surface area contributed by atoms with Gasteiger partial charge in [0.05, 0.1) is 0 Å². The van der Waals surface area contributed by atoms with Crippen LogP contribution >= 0.6 is 34.8 Å². The number of halogens is 3. The normalized spacial score (nSPS) is 13.7. The van der Waals surface area contributed by atoms with Gasteiger partial charge in [0.15, 0.2) is 0 Å². The van der Waals surface area contributed by atoms with Gasteiger partial charge >= 0.3 is 0 Å². The third-order valence-electron chi connectivity index (χ3n) is 2.34. The van der Waals surface area contributed by atoms with Crippen molar-refractivity contribution in [2.45, 2.75) is 29.8 Å². The van der Waals surface area contributed by atoms with Crippen molar-refractivity contribution in [3.8, 4) is 0 Å². The van der Waals surface area contributed by atoms with E-state index in [0.717, 1.165) is 5.56 Å². The van der Waals surface area contributed by atoms with Crippen LogP contribution < -0.4 is 10.6 Å². The van der Waals surface area contributed by atoms with Crippen molar-refractivity contribution in [1.29, 1.82) is 0 Å². The molecular formula is C14H17Cl3N2O. The van der Waals surface area contributed by atoms with Crippen LogP contribution in [0.15, 0.2) is 36.4 Å². The molecule has 110 valence electrons. The Hall–Kier alpha value is -0.740. The summed E-state index contributed by atoms with van der Waals surface area (Å²) in [5.41, 5.74) is 0.921. The Morgan fingerprint density at radius 3 is 2.30 bits per heavy atom. The van der Waals surface area contributed by atoms with E-state index in [1.165, 1.54) is 6.08 Å². The number of rotatable bonds is 5. The summed E-state index contributed by atoms with van der Waals surface area (Å²) in [5, 5.41) is 5.61. The van der Waals surface area contributed by atoms with Crippen LogP contribution in [0.3, 0.4) is 0 Å². The molecule has 2 N–H and O–H groups in total. The monoisotopic (exact) mass is 334 g/mol. The van der Waals surface area contributed by atoms with Crippen LogP contribution in [-0.4, -0.2) is 21.9 Å². The molecule has 1 atom stereocenters. The van der Waals surface area contributed by atoms with Crippen LogP contribution in [0, 0.1) is 0 Å². The lowest BCUT2D eigenvalue weighted by Gasteiger charge is -2.27. The van der Waals surface area contributed by atoms with Gasteiger partial charge in [-0.2, -0.15) is 0 Å². The summed E-state index contributed by atoms with van der Waals surface area (Å²) in [6.45, 7) is 3.80. The minimum atomic E-state index is -1.62. The molecule has 1 aromatic rings. The van der Waals surface area contributed by atoms with E-state index in [1.54, 1.807) is 6.08 Å². The highest BCUT2D eigenvalue weighted by molar-refractivity contribution is 6.68. The van der Waals surface area contributed by atoms with Crippen molar-refractivity contribution in [1.82, 2.24) is 10.6 Å². The van der Waals surface area contributed by atoms with Crippen molar-refractivity contribution >= 4 is 46.8 Å². The summed E-state index contributed by atoms with van der Waals surface area (Å²) in [6.07, 6.45) is 2.33. The first-order valence-electron chi connectivity index (χ1n) is 6.15. The topological polar surface area (TPSA) is 41.1 Å². The Bertz CT molecular complexity index is 455. The molecule has 0 heterocycles.